The van der Waals surface area contributed by atoms with E-state index >= 15 is 0 Å². The summed E-state index contributed by atoms with van der Waals surface area (Å²) in [4.78, 5) is 13.3. The van der Waals surface area contributed by atoms with Crippen LogP contribution in [0.4, 0.5) is 0 Å². The summed E-state index contributed by atoms with van der Waals surface area (Å²) in [6, 6.07) is 1.85. The van der Waals surface area contributed by atoms with E-state index in [9.17, 15) is 4.79 Å². The van der Waals surface area contributed by atoms with E-state index in [2.05, 4.69) is 5.16 Å². The van der Waals surface area contributed by atoms with Gasteiger partial charge in [-0.3, -0.25) is 4.79 Å². The van der Waals surface area contributed by atoms with E-state index in [1.165, 1.54) is 0 Å². The van der Waals surface area contributed by atoms with Crippen LogP contribution in [0.25, 0.3) is 0 Å². The summed E-state index contributed by atoms with van der Waals surface area (Å²) in [5.74, 6) is 1.18. The molecule has 1 amide bonds. The molecule has 0 bridgehead atoms. The molecule has 0 spiro atoms. The second kappa shape index (κ2) is 4.02. The second-order valence-corrected chi connectivity index (χ2v) is 4.01. The van der Waals surface area contributed by atoms with Crippen molar-refractivity contribution in [3.05, 3.63) is 17.5 Å². The van der Waals surface area contributed by atoms with Crippen LogP contribution in [0.15, 0.2) is 10.6 Å². The van der Waals surface area contributed by atoms with Gasteiger partial charge in [0, 0.05) is 19.0 Å². The predicted octanol–water partition coefficient (Wildman–Crippen LogP) is 0.290. The molecule has 1 aliphatic rings. The molecular weight excluding hydrogens is 194 g/mol. The molecule has 2 N–H and O–H groups in total. The first-order chi connectivity index (χ1) is 7.19. The van der Waals surface area contributed by atoms with E-state index in [0.717, 1.165) is 18.0 Å². The maximum Gasteiger partial charge on any atom is 0.223 e. The van der Waals surface area contributed by atoms with Crippen molar-refractivity contribution in [3.63, 3.8) is 0 Å². The van der Waals surface area contributed by atoms with Crippen molar-refractivity contribution in [2.45, 2.75) is 19.9 Å². The van der Waals surface area contributed by atoms with Gasteiger partial charge < -0.3 is 15.2 Å². The van der Waals surface area contributed by atoms with Crippen LogP contribution in [0.2, 0.25) is 0 Å². The van der Waals surface area contributed by atoms with Crippen LogP contribution in [0.3, 0.4) is 0 Å². The lowest BCUT2D eigenvalue weighted by Gasteiger charge is -2.13. The number of hydrogen-bond acceptors (Lipinski definition) is 4. The average Bonchev–Trinajstić information content (AvgIpc) is 2.75. The number of hydrogen-bond donors (Lipinski definition) is 1. The van der Waals surface area contributed by atoms with Crippen LogP contribution in [0, 0.1) is 12.8 Å². The Bertz CT molecular complexity index is 361. The molecule has 0 aliphatic carbocycles. The highest BCUT2D eigenvalue weighted by molar-refractivity contribution is 5.78. The molecule has 15 heavy (non-hydrogen) atoms. The van der Waals surface area contributed by atoms with Crippen LogP contribution >= 0.6 is 0 Å². The van der Waals surface area contributed by atoms with Gasteiger partial charge in [-0.05, 0) is 19.4 Å². The quantitative estimate of drug-likeness (QED) is 0.776. The first-order valence-corrected chi connectivity index (χ1v) is 5.09. The minimum atomic E-state index is 0.152. The normalized spacial score (nSPS) is 21.3. The Labute approximate surface area is 88.2 Å². The van der Waals surface area contributed by atoms with Gasteiger partial charge in [-0.1, -0.05) is 5.16 Å². The monoisotopic (exact) mass is 209 g/mol. The summed E-state index contributed by atoms with van der Waals surface area (Å²) in [6.45, 7) is 3.67. The third-order valence-corrected chi connectivity index (χ3v) is 2.65. The minimum absolute atomic E-state index is 0.152. The van der Waals surface area contributed by atoms with Crippen molar-refractivity contribution in [2.75, 3.05) is 13.1 Å². The summed E-state index contributed by atoms with van der Waals surface area (Å²) in [7, 11) is 0. The van der Waals surface area contributed by atoms with Crippen molar-refractivity contribution < 1.29 is 9.32 Å². The third-order valence-electron chi connectivity index (χ3n) is 2.65. The SMILES string of the molecule is Cc1cc(CN2CC(CN)CC2=O)on1. The Hall–Kier alpha value is -1.36. The van der Waals surface area contributed by atoms with Crippen molar-refractivity contribution in [2.24, 2.45) is 11.7 Å². The van der Waals surface area contributed by atoms with E-state index in [-0.39, 0.29) is 5.91 Å². The largest absolute Gasteiger partial charge is 0.359 e. The molecule has 1 atom stereocenters. The molecule has 0 radical (unpaired) electrons. The Morgan fingerprint density at radius 2 is 2.53 bits per heavy atom. The molecular formula is C10H15N3O2. The maximum absolute atomic E-state index is 11.6. The fourth-order valence-electron chi connectivity index (χ4n) is 1.84. The number of aromatic nitrogens is 1. The van der Waals surface area contributed by atoms with Gasteiger partial charge in [0.25, 0.3) is 0 Å². The zero-order valence-corrected chi connectivity index (χ0v) is 8.77. The Kier molecular flexibility index (Phi) is 2.73. The van der Waals surface area contributed by atoms with E-state index < -0.39 is 0 Å². The second-order valence-electron chi connectivity index (χ2n) is 4.01. The third kappa shape index (κ3) is 2.18. The van der Waals surface area contributed by atoms with Crippen LogP contribution in [-0.4, -0.2) is 29.1 Å². The van der Waals surface area contributed by atoms with Crippen LogP contribution in [0.1, 0.15) is 17.9 Å². The van der Waals surface area contributed by atoms with Gasteiger partial charge in [0.05, 0.1) is 12.2 Å². The smallest absolute Gasteiger partial charge is 0.223 e. The standard InChI is InChI=1S/C10H15N3O2/c1-7-2-9(15-12-7)6-13-5-8(4-11)3-10(13)14/h2,8H,3-6,11H2,1H3. The fourth-order valence-corrected chi connectivity index (χ4v) is 1.84. The molecule has 1 unspecified atom stereocenters. The van der Waals surface area contributed by atoms with Crippen molar-refractivity contribution in [3.8, 4) is 0 Å². The van der Waals surface area contributed by atoms with Crippen LogP contribution in [-0.2, 0) is 11.3 Å². The lowest BCUT2D eigenvalue weighted by atomic mass is 10.1. The number of nitrogens with two attached hydrogens (primary N) is 1. The Morgan fingerprint density at radius 1 is 1.73 bits per heavy atom. The summed E-state index contributed by atoms with van der Waals surface area (Å²) in [5, 5.41) is 3.79. The molecule has 1 saturated heterocycles. The first kappa shape index (κ1) is 10.2. The number of nitrogens with zero attached hydrogens (tertiary/aromatic N) is 2. The number of carbonyl (C=O) groups is 1. The van der Waals surface area contributed by atoms with E-state index in [1.54, 1.807) is 4.90 Å². The average molecular weight is 209 g/mol. The van der Waals surface area contributed by atoms with Gasteiger partial charge >= 0.3 is 0 Å². The molecule has 82 valence electrons. The van der Waals surface area contributed by atoms with Crippen LogP contribution < -0.4 is 5.73 Å². The molecule has 5 heteroatoms. The van der Waals surface area contributed by atoms with Gasteiger partial charge in [-0.25, -0.2) is 0 Å². The predicted molar refractivity (Wildman–Crippen MR) is 53.8 cm³/mol. The van der Waals surface area contributed by atoms with Gasteiger partial charge in [0.1, 0.15) is 0 Å². The lowest BCUT2D eigenvalue weighted by molar-refractivity contribution is -0.128. The minimum Gasteiger partial charge on any atom is -0.359 e. The van der Waals surface area contributed by atoms with E-state index in [1.807, 2.05) is 13.0 Å². The Balaban J connectivity index is 1.98. The highest BCUT2D eigenvalue weighted by Gasteiger charge is 2.29. The van der Waals surface area contributed by atoms with E-state index in [4.69, 9.17) is 10.3 Å². The molecule has 0 saturated carbocycles. The molecule has 1 aliphatic heterocycles. The summed E-state index contributed by atoms with van der Waals surface area (Å²) in [5.41, 5.74) is 6.38. The first-order valence-electron chi connectivity index (χ1n) is 5.09. The number of carbonyl (C=O) groups excluding carboxylic acids is 1. The molecule has 2 rings (SSSR count). The van der Waals surface area contributed by atoms with E-state index in [0.29, 0.717) is 25.4 Å². The van der Waals surface area contributed by atoms with Crippen molar-refractivity contribution in [1.29, 1.82) is 0 Å². The summed E-state index contributed by atoms with van der Waals surface area (Å²) in [6.07, 6.45) is 0.559. The molecule has 2 heterocycles. The molecule has 0 aromatic carbocycles. The van der Waals surface area contributed by atoms with Gasteiger partial charge in [-0.2, -0.15) is 0 Å². The van der Waals surface area contributed by atoms with Gasteiger partial charge in [-0.15, -0.1) is 0 Å². The highest BCUT2D eigenvalue weighted by Crippen LogP contribution is 2.19. The summed E-state index contributed by atoms with van der Waals surface area (Å²) < 4.78 is 5.07. The van der Waals surface area contributed by atoms with Crippen LogP contribution in [0.5, 0.6) is 0 Å². The zero-order valence-electron chi connectivity index (χ0n) is 8.77. The number of likely N-dealkylation sites (tertiary alicyclic amines) is 1. The highest BCUT2D eigenvalue weighted by atomic mass is 16.5. The fraction of sp³-hybridized carbons (Fsp3) is 0.600. The topological polar surface area (TPSA) is 72.4 Å². The zero-order chi connectivity index (χ0) is 10.8. The van der Waals surface area contributed by atoms with Gasteiger partial charge in [0.2, 0.25) is 5.91 Å². The lowest BCUT2D eigenvalue weighted by Crippen LogP contribution is -2.25. The number of rotatable bonds is 3. The Morgan fingerprint density at radius 3 is 3.07 bits per heavy atom. The molecule has 1 aromatic rings. The molecule has 1 fully saturated rings. The molecule has 5 nitrogen and oxygen atoms in total. The van der Waals surface area contributed by atoms with Gasteiger partial charge in [0.15, 0.2) is 5.76 Å². The van der Waals surface area contributed by atoms with Crippen molar-refractivity contribution >= 4 is 5.91 Å². The number of amides is 1. The molecule has 1 aromatic heterocycles. The number of aryl methyl sites for hydroxylation is 1. The maximum atomic E-state index is 11.6. The van der Waals surface area contributed by atoms with Crippen molar-refractivity contribution in [1.82, 2.24) is 10.1 Å². The summed E-state index contributed by atoms with van der Waals surface area (Å²) >= 11 is 0.